The van der Waals surface area contributed by atoms with Crippen molar-refractivity contribution in [1.29, 1.82) is 0 Å². The molecule has 1 saturated carbocycles. The number of hydrogen-bond donors (Lipinski definition) is 0. The van der Waals surface area contributed by atoms with Crippen LogP contribution in [0, 0.1) is 5.92 Å². The van der Waals surface area contributed by atoms with Gasteiger partial charge in [0.25, 0.3) is 0 Å². The summed E-state index contributed by atoms with van der Waals surface area (Å²) in [6, 6.07) is 14.1. The fourth-order valence-corrected chi connectivity index (χ4v) is 5.58. The van der Waals surface area contributed by atoms with Gasteiger partial charge in [0.1, 0.15) is 11.2 Å². The minimum absolute atomic E-state index is 0.00865. The van der Waals surface area contributed by atoms with E-state index < -0.39 is 17.3 Å². The zero-order valence-corrected chi connectivity index (χ0v) is 17.2. The van der Waals surface area contributed by atoms with E-state index in [0.29, 0.717) is 21.9 Å². The van der Waals surface area contributed by atoms with Crippen molar-refractivity contribution in [2.45, 2.75) is 50.0 Å². The van der Waals surface area contributed by atoms with Gasteiger partial charge in [-0.15, -0.1) is 0 Å². The number of fused-ring (bicyclic) bond motifs is 1. The molecular formula is C24H22ClNO4. The molecule has 6 heteroatoms. The highest BCUT2D eigenvalue weighted by Crippen LogP contribution is 2.53. The number of nitrogens with zero attached hydrogens (tertiary/aromatic N) is 1. The number of esters is 1. The molecule has 0 N–H and O–H groups in total. The lowest BCUT2D eigenvalue weighted by Gasteiger charge is -2.33. The second kappa shape index (κ2) is 7.24. The average Bonchev–Trinajstić information content (AvgIpc) is 3.22. The molecular weight excluding hydrogens is 402 g/mol. The van der Waals surface area contributed by atoms with Gasteiger partial charge in [-0.1, -0.05) is 61.2 Å². The summed E-state index contributed by atoms with van der Waals surface area (Å²) in [5.41, 5.74) is -0.173. The molecule has 2 aromatic carbocycles. The van der Waals surface area contributed by atoms with Crippen LogP contribution in [0.2, 0.25) is 5.02 Å². The van der Waals surface area contributed by atoms with Gasteiger partial charge in [-0.3, -0.25) is 19.3 Å². The Morgan fingerprint density at radius 1 is 0.967 bits per heavy atom. The first-order chi connectivity index (χ1) is 14.5. The maximum absolute atomic E-state index is 13.7. The number of benzene rings is 2. The number of amides is 2. The number of carbonyl (C=O) groups is 3. The number of likely N-dealkylation sites (tertiary alicyclic amines) is 1. The fraction of sp³-hybridized carbons (Fsp3) is 0.375. The summed E-state index contributed by atoms with van der Waals surface area (Å²) in [5.74, 6) is -1.45. The summed E-state index contributed by atoms with van der Waals surface area (Å²) < 4.78 is 5.63. The maximum atomic E-state index is 13.7. The van der Waals surface area contributed by atoms with E-state index in [2.05, 4.69) is 0 Å². The fourth-order valence-electron chi connectivity index (χ4n) is 5.41. The molecule has 5 nitrogen and oxygen atoms in total. The second-order valence-corrected chi connectivity index (χ2v) is 8.79. The highest BCUT2D eigenvalue weighted by molar-refractivity contribution is 6.30. The molecule has 2 atom stereocenters. The summed E-state index contributed by atoms with van der Waals surface area (Å²) in [6.07, 6.45) is 4.80. The topological polar surface area (TPSA) is 63.7 Å². The van der Waals surface area contributed by atoms with Crippen LogP contribution in [0.1, 0.15) is 49.7 Å². The molecule has 0 unspecified atom stereocenters. The summed E-state index contributed by atoms with van der Waals surface area (Å²) in [6.45, 7) is 0. The molecule has 2 fully saturated rings. The third-order valence-electron chi connectivity index (χ3n) is 6.77. The molecule has 2 aromatic rings. The first-order valence-electron chi connectivity index (χ1n) is 10.5. The minimum Gasteiger partial charge on any atom is -0.425 e. The Bertz CT molecular complexity index is 1030. The number of carbonyl (C=O) groups excluding carboxylic acids is 3. The van der Waals surface area contributed by atoms with Crippen LogP contribution < -0.4 is 4.74 Å². The second-order valence-electron chi connectivity index (χ2n) is 8.35. The molecule has 3 aliphatic rings. The van der Waals surface area contributed by atoms with Crippen molar-refractivity contribution >= 4 is 29.4 Å². The van der Waals surface area contributed by atoms with Crippen LogP contribution in [0.3, 0.4) is 0 Å². The molecule has 1 saturated heterocycles. The number of imide groups is 1. The first kappa shape index (κ1) is 19.3. The minimum atomic E-state index is -1.38. The SMILES string of the molecule is O=C1C[C@@H]([C@@]2(c3ccccc3)C(=O)Oc3ccc(Cl)cc32)C(=O)N1C1CCCCC1. The number of halogens is 1. The van der Waals surface area contributed by atoms with Crippen LogP contribution >= 0.6 is 11.6 Å². The van der Waals surface area contributed by atoms with Crippen molar-refractivity contribution in [3.8, 4) is 5.75 Å². The van der Waals surface area contributed by atoms with E-state index in [1.54, 1.807) is 18.2 Å². The van der Waals surface area contributed by atoms with E-state index >= 15 is 0 Å². The van der Waals surface area contributed by atoms with E-state index in [0.717, 1.165) is 32.1 Å². The van der Waals surface area contributed by atoms with E-state index in [9.17, 15) is 14.4 Å². The van der Waals surface area contributed by atoms with Crippen LogP contribution in [0.15, 0.2) is 48.5 Å². The Morgan fingerprint density at radius 2 is 1.70 bits per heavy atom. The maximum Gasteiger partial charge on any atom is 0.327 e. The molecule has 2 heterocycles. The van der Waals surface area contributed by atoms with Crippen LogP contribution in [0.5, 0.6) is 5.75 Å². The van der Waals surface area contributed by atoms with Crippen LogP contribution in [-0.4, -0.2) is 28.7 Å². The van der Waals surface area contributed by atoms with Gasteiger partial charge in [0.15, 0.2) is 0 Å². The van der Waals surface area contributed by atoms with Crippen LogP contribution in [0.4, 0.5) is 0 Å². The van der Waals surface area contributed by atoms with E-state index in [1.165, 1.54) is 4.90 Å². The lowest BCUT2D eigenvalue weighted by atomic mass is 9.66. The Balaban J connectivity index is 1.67. The normalized spacial score (nSPS) is 26.8. The van der Waals surface area contributed by atoms with Gasteiger partial charge < -0.3 is 4.74 Å². The number of hydrogen-bond acceptors (Lipinski definition) is 4. The quantitative estimate of drug-likeness (QED) is 0.420. The van der Waals surface area contributed by atoms with Crippen molar-refractivity contribution in [1.82, 2.24) is 4.90 Å². The molecule has 2 aliphatic heterocycles. The van der Waals surface area contributed by atoms with Crippen LogP contribution in [-0.2, 0) is 19.8 Å². The molecule has 154 valence electrons. The zero-order valence-electron chi connectivity index (χ0n) is 16.5. The number of ether oxygens (including phenoxy) is 1. The summed E-state index contributed by atoms with van der Waals surface area (Å²) >= 11 is 6.28. The largest absolute Gasteiger partial charge is 0.425 e. The third kappa shape index (κ3) is 2.72. The smallest absolute Gasteiger partial charge is 0.327 e. The molecule has 30 heavy (non-hydrogen) atoms. The highest BCUT2D eigenvalue weighted by atomic mass is 35.5. The van der Waals surface area contributed by atoms with Gasteiger partial charge >= 0.3 is 5.97 Å². The summed E-state index contributed by atoms with van der Waals surface area (Å²) in [4.78, 5) is 41.6. The molecule has 0 spiro atoms. The van der Waals surface area contributed by atoms with Crippen LogP contribution in [0.25, 0.3) is 0 Å². The van der Waals surface area contributed by atoms with Crippen molar-refractivity contribution < 1.29 is 19.1 Å². The Morgan fingerprint density at radius 3 is 2.43 bits per heavy atom. The van der Waals surface area contributed by atoms with Gasteiger partial charge in [-0.25, -0.2) is 0 Å². The predicted octanol–water partition coefficient (Wildman–Crippen LogP) is 4.25. The van der Waals surface area contributed by atoms with E-state index in [-0.39, 0.29) is 24.3 Å². The molecule has 1 aliphatic carbocycles. The predicted molar refractivity (Wildman–Crippen MR) is 111 cm³/mol. The van der Waals surface area contributed by atoms with Crippen molar-refractivity contribution in [3.05, 3.63) is 64.7 Å². The van der Waals surface area contributed by atoms with Gasteiger partial charge in [0.2, 0.25) is 11.8 Å². The average molecular weight is 424 g/mol. The Kier molecular flexibility index (Phi) is 4.66. The zero-order chi connectivity index (χ0) is 20.9. The molecule has 0 aromatic heterocycles. The summed E-state index contributed by atoms with van der Waals surface area (Å²) in [7, 11) is 0. The third-order valence-corrected chi connectivity index (χ3v) is 7.00. The molecule has 5 rings (SSSR count). The monoisotopic (exact) mass is 423 g/mol. The summed E-state index contributed by atoms with van der Waals surface area (Å²) in [5, 5.41) is 0.452. The van der Waals surface area contributed by atoms with Gasteiger partial charge in [-0.05, 0) is 36.6 Å². The van der Waals surface area contributed by atoms with E-state index in [1.807, 2.05) is 30.3 Å². The Labute approximate surface area is 180 Å². The van der Waals surface area contributed by atoms with Crippen molar-refractivity contribution in [2.24, 2.45) is 5.92 Å². The van der Waals surface area contributed by atoms with Gasteiger partial charge in [0, 0.05) is 23.0 Å². The lowest BCUT2D eigenvalue weighted by Crippen LogP contribution is -2.48. The van der Waals surface area contributed by atoms with Crippen molar-refractivity contribution in [3.63, 3.8) is 0 Å². The highest BCUT2D eigenvalue weighted by Gasteiger charge is 2.62. The number of rotatable bonds is 3. The Hall–Kier alpha value is -2.66. The van der Waals surface area contributed by atoms with Gasteiger partial charge in [-0.2, -0.15) is 0 Å². The first-order valence-corrected chi connectivity index (χ1v) is 10.8. The molecule has 2 amide bonds. The van der Waals surface area contributed by atoms with Gasteiger partial charge in [0.05, 0.1) is 5.92 Å². The standard InChI is InChI=1S/C24H22ClNO4/c25-16-11-12-20-18(13-16)24(23(29)30-20,15-7-3-1-4-8-15)19-14-21(27)26(22(19)28)17-9-5-2-6-10-17/h1,3-4,7-8,11-13,17,19H,2,5-6,9-10,14H2/t19-,24+/m1/s1. The molecule has 0 radical (unpaired) electrons. The van der Waals surface area contributed by atoms with Crippen molar-refractivity contribution in [2.75, 3.05) is 0 Å². The van der Waals surface area contributed by atoms with E-state index in [4.69, 9.17) is 16.3 Å². The lowest BCUT2D eigenvalue weighted by molar-refractivity contribution is -0.147. The molecule has 0 bridgehead atoms.